The minimum absolute atomic E-state index is 0.00340. The van der Waals surface area contributed by atoms with Crippen LogP contribution >= 0.6 is 0 Å². The number of rotatable bonds is 7. The first-order valence-electron chi connectivity index (χ1n) is 12.1. The largest absolute Gasteiger partial charge is 0.508 e. The molecule has 1 aromatic heterocycles. The summed E-state index contributed by atoms with van der Waals surface area (Å²) in [5, 5.41) is 20.4. The smallest absolute Gasteiger partial charge is 0.274 e. The molecule has 0 fully saturated rings. The Morgan fingerprint density at radius 1 is 1.20 bits per heavy atom. The maximum atomic E-state index is 12.9. The van der Waals surface area contributed by atoms with Crippen LogP contribution in [0.4, 0.5) is 5.69 Å². The number of benzene rings is 2. The maximum Gasteiger partial charge on any atom is 0.274 e. The molecule has 3 aromatic rings. The molecule has 2 N–H and O–H groups in total. The lowest BCUT2D eigenvalue weighted by molar-refractivity contribution is 0.0947. The fraction of sp³-hybridized carbons (Fsp3) is 0.407. The van der Waals surface area contributed by atoms with E-state index in [4.69, 9.17) is 4.52 Å². The van der Waals surface area contributed by atoms with Crippen LogP contribution in [-0.4, -0.2) is 40.2 Å². The van der Waals surface area contributed by atoms with Crippen LogP contribution in [0.15, 0.2) is 40.0 Å². The summed E-state index contributed by atoms with van der Waals surface area (Å²) in [7, 11) is 0. The van der Waals surface area contributed by atoms with Crippen molar-refractivity contribution in [1.29, 1.82) is 0 Å². The van der Waals surface area contributed by atoms with Crippen molar-refractivity contribution in [3.05, 3.63) is 57.6 Å². The molecule has 0 radical (unpaired) electrons. The van der Waals surface area contributed by atoms with Crippen LogP contribution in [0.2, 0.25) is 0 Å². The molecule has 4 rings (SSSR count). The molecule has 0 bridgehead atoms. The topological polar surface area (TPSA) is 108 Å². The van der Waals surface area contributed by atoms with Gasteiger partial charge in [-0.1, -0.05) is 37.2 Å². The molecule has 184 valence electrons. The second-order valence-electron chi connectivity index (χ2n) is 9.57. The molecule has 8 heteroatoms. The van der Waals surface area contributed by atoms with Crippen molar-refractivity contribution in [2.75, 3.05) is 13.1 Å². The van der Waals surface area contributed by atoms with E-state index in [0.29, 0.717) is 29.3 Å². The van der Waals surface area contributed by atoms with Crippen molar-refractivity contribution in [3.63, 3.8) is 0 Å². The SMILES string of the molecule is CCNC(=O)c1noc(-c2cc(C(C)C)c(O)cc2N=O)c1-c1ccc2c(c1)CCN(C(C)C)C2. The third-order valence-electron chi connectivity index (χ3n) is 6.62. The second kappa shape index (κ2) is 10.00. The number of aromatic hydroxyl groups is 1. The number of carbonyl (C=O) groups excluding carboxylic acids is 1. The molecular formula is C27H32N4O4. The zero-order valence-corrected chi connectivity index (χ0v) is 20.9. The molecule has 0 spiro atoms. The Hall–Kier alpha value is -3.52. The minimum atomic E-state index is -0.357. The standard InChI is InChI=1S/C27H32N4O4/c1-6-28-27(33)25-24(18-7-8-19-14-31(16(4)5)10-9-17(19)11-18)26(35-30-25)21-12-20(15(2)3)23(32)13-22(21)29-34/h7-8,11-13,15-16,32H,6,9-10,14H2,1-5H3,(H,28,33). The highest BCUT2D eigenvalue weighted by atomic mass is 16.5. The van der Waals surface area contributed by atoms with E-state index in [2.05, 4.69) is 46.5 Å². The number of nitroso groups, excluding NO2 is 1. The number of phenols is 1. The average Bonchev–Trinajstić information content (AvgIpc) is 3.28. The van der Waals surface area contributed by atoms with Gasteiger partial charge in [0.15, 0.2) is 11.5 Å². The number of amides is 1. The number of fused-ring (bicyclic) bond motifs is 1. The van der Waals surface area contributed by atoms with Gasteiger partial charge in [0.25, 0.3) is 5.91 Å². The molecule has 0 aliphatic carbocycles. The fourth-order valence-electron chi connectivity index (χ4n) is 4.63. The first-order valence-corrected chi connectivity index (χ1v) is 12.1. The Balaban J connectivity index is 1.90. The molecule has 1 aliphatic rings. The molecule has 0 unspecified atom stereocenters. The molecule has 1 aliphatic heterocycles. The van der Waals surface area contributed by atoms with Crippen LogP contribution in [0.1, 0.15) is 67.7 Å². The summed E-state index contributed by atoms with van der Waals surface area (Å²) in [6.07, 6.45) is 0.899. The van der Waals surface area contributed by atoms with Crippen LogP contribution in [0.5, 0.6) is 5.75 Å². The van der Waals surface area contributed by atoms with Gasteiger partial charge in [0.1, 0.15) is 11.4 Å². The Bertz CT molecular complexity index is 1260. The molecule has 8 nitrogen and oxygen atoms in total. The maximum absolute atomic E-state index is 12.9. The van der Waals surface area contributed by atoms with Gasteiger partial charge < -0.3 is 14.9 Å². The number of phenolic OH excluding ortho intramolecular Hbond substituents is 1. The summed E-state index contributed by atoms with van der Waals surface area (Å²) in [6, 6.07) is 9.65. The summed E-state index contributed by atoms with van der Waals surface area (Å²) in [5.74, 6) is -0.0878. The van der Waals surface area contributed by atoms with Gasteiger partial charge in [-0.15, -0.1) is 4.91 Å². The highest BCUT2D eigenvalue weighted by molar-refractivity contribution is 6.03. The van der Waals surface area contributed by atoms with Crippen LogP contribution in [-0.2, 0) is 13.0 Å². The van der Waals surface area contributed by atoms with E-state index in [-0.39, 0.29) is 34.7 Å². The number of nitrogens with one attached hydrogen (secondary N) is 1. The highest BCUT2D eigenvalue weighted by Gasteiger charge is 2.28. The number of hydrogen-bond donors (Lipinski definition) is 2. The van der Waals surface area contributed by atoms with Gasteiger partial charge in [0.2, 0.25) is 0 Å². The Morgan fingerprint density at radius 2 is 1.97 bits per heavy atom. The van der Waals surface area contributed by atoms with Crippen molar-refractivity contribution in [2.24, 2.45) is 5.18 Å². The number of carbonyl (C=O) groups is 1. The first kappa shape index (κ1) is 24.6. The van der Waals surface area contributed by atoms with Gasteiger partial charge >= 0.3 is 0 Å². The normalized spacial score (nSPS) is 13.8. The van der Waals surface area contributed by atoms with E-state index in [0.717, 1.165) is 25.1 Å². The molecule has 0 saturated heterocycles. The number of hydrogen-bond acceptors (Lipinski definition) is 7. The molecule has 35 heavy (non-hydrogen) atoms. The molecular weight excluding hydrogens is 444 g/mol. The van der Waals surface area contributed by atoms with Gasteiger partial charge in [-0.25, -0.2) is 0 Å². The van der Waals surface area contributed by atoms with Crippen LogP contribution in [0.3, 0.4) is 0 Å². The van der Waals surface area contributed by atoms with Crippen molar-refractivity contribution in [2.45, 2.75) is 59.5 Å². The van der Waals surface area contributed by atoms with Gasteiger partial charge in [-0.2, -0.15) is 0 Å². The molecule has 1 amide bonds. The van der Waals surface area contributed by atoms with Gasteiger partial charge in [-0.05, 0) is 66.6 Å². The Morgan fingerprint density at radius 3 is 2.63 bits per heavy atom. The molecule has 2 heterocycles. The predicted molar refractivity (Wildman–Crippen MR) is 136 cm³/mol. The molecule has 0 saturated carbocycles. The van der Waals surface area contributed by atoms with E-state index in [1.807, 2.05) is 26.8 Å². The van der Waals surface area contributed by atoms with Crippen molar-refractivity contribution in [3.8, 4) is 28.2 Å². The molecule has 2 aromatic carbocycles. The summed E-state index contributed by atoms with van der Waals surface area (Å²) in [4.78, 5) is 27.0. The monoisotopic (exact) mass is 476 g/mol. The minimum Gasteiger partial charge on any atom is -0.508 e. The van der Waals surface area contributed by atoms with Gasteiger partial charge in [0.05, 0.1) is 11.1 Å². The van der Waals surface area contributed by atoms with Crippen LogP contribution in [0.25, 0.3) is 22.5 Å². The van der Waals surface area contributed by atoms with E-state index >= 15 is 0 Å². The molecule has 0 atom stereocenters. The Labute approximate surface area is 205 Å². The average molecular weight is 477 g/mol. The zero-order chi connectivity index (χ0) is 25.3. The zero-order valence-electron chi connectivity index (χ0n) is 20.9. The summed E-state index contributed by atoms with van der Waals surface area (Å²) < 4.78 is 5.71. The summed E-state index contributed by atoms with van der Waals surface area (Å²) in [6.45, 7) is 12.4. The lowest BCUT2D eigenvalue weighted by Gasteiger charge is -2.32. The lowest BCUT2D eigenvalue weighted by Crippen LogP contribution is -2.35. The predicted octanol–water partition coefficient (Wildman–Crippen LogP) is 5.75. The van der Waals surface area contributed by atoms with Gasteiger partial charge in [0, 0.05) is 31.7 Å². The third kappa shape index (κ3) is 4.71. The summed E-state index contributed by atoms with van der Waals surface area (Å²) in [5.41, 5.74) is 4.99. The van der Waals surface area contributed by atoms with Crippen molar-refractivity contribution >= 4 is 11.6 Å². The van der Waals surface area contributed by atoms with E-state index < -0.39 is 0 Å². The lowest BCUT2D eigenvalue weighted by atomic mass is 9.90. The van der Waals surface area contributed by atoms with Crippen LogP contribution in [0, 0.1) is 4.91 Å². The van der Waals surface area contributed by atoms with Crippen molar-refractivity contribution < 1.29 is 14.4 Å². The number of aromatic nitrogens is 1. The second-order valence-corrected chi connectivity index (χ2v) is 9.57. The van der Waals surface area contributed by atoms with Crippen LogP contribution < -0.4 is 5.32 Å². The fourth-order valence-corrected chi connectivity index (χ4v) is 4.63. The van der Waals surface area contributed by atoms with Crippen molar-refractivity contribution in [1.82, 2.24) is 15.4 Å². The third-order valence-corrected chi connectivity index (χ3v) is 6.62. The Kier molecular flexibility index (Phi) is 7.03. The number of nitrogens with zero attached hydrogens (tertiary/aromatic N) is 3. The van der Waals surface area contributed by atoms with E-state index in [1.54, 1.807) is 6.07 Å². The quantitative estimate of drug-likeness (QED) is 0.420. The highest BCUT2D eigenvalue weighted by Crippen LogP contribution is 2.44. The van der Waals surface area contributed by atoms with E-state index in [1.165, 1.54) is 17.2 Å². The van der Waals surface area contributed by atoms with E-state index in [9.17, 15) is 14.8 Å². The summed E-state index contributed by atoms with van der Waals surface area (Å²) >= 11 is 0. The first-order chi connectivity index (χ1) is 16.7. The van der Waals surface area contributed by atoms with Gasteiger partial charge in [-0.3, -0.25) is 9.69 Å².